The molecule has 3 heteroatoms. The molecule has 0 spiro atoms. The molecule has 0 fully saturated rings. The summed E-state index contributed by atoms with van der Waals surface area (Å²) in [5.41, 5.74) is 5.32. The number of carbonyl (C=O) groups is 1. The zero-order valence-electron chi connectivity index (χ0n) is 13.8. The largest absolute Gasteiger partial charge is 0.348 e. The summed E-state index contributed by atoms with van der Waals surface area (Å²) in [4.78, 5) is 14.4. The molecule has 0 aliphatic rings. The molecule has 0 heterocycles. The lowest BCUT2D eigenvalue weighted by Crippen LogP contribution is -2.23. The molecule has 116 valence electrons. The van der Waals surface area contributed by atoms with E-state index in [4.69, 9.17) is 0 Å². The van der Waals surface area contributed by atoms with Crippen LogP contribution in [0.1, 0.15) is 32.6 Å². The minimum Gasteiger partial charge on any atom is -0.348 e. The zero-order chi connectivity index (χ0) is 16.1. The Kier molecular flexibility index (Phi) is 5.34. The van der Waals surface area contributed by atoms with Crippen LogP contribution in [0.2, 0.25) is 0 Å². The van der Waals surface area contributed by atoms with Crippen LogP contribution in [0.5, 0.6) is 0 Å². The molecule has 0 saturated heterocycles. The van der Waals surface area contributed by atoms with E-state index in [9.17, 15) is 4.79 Å². The SMILES string of the molecule is Cc1cccc(C(=O)NCc2ccc(CN(C)C)cc2)c1C. The van der Waals surface area contributed by atoms with Crippen molar-refractivity contribution in [1.29, 1.82) is 0 Å². The number of amides is 1. The van der Waals surface area contributed by atoms with Gasteiger partial charge in [0.25, 0.3) is 5.91 Å². The minimum absolute atomic E-state index is 0.0152. The third-order valence-corrected chi connectivity index (χ3v) is 3.82. The van der Waals surface area contributed by atoms with Crippen molar-refractivity contribution in [3.8, 4) is 0 Å². The Morgan fingerprint density at radius 3 is 2.27 bits per heavy atom. The number of benzene rings is 2. The van der Waals surface area contributed by atoms with Crippen LogP contribution in [-0.2, 0) is 13.1 Å². The third-order valence-electron chi connectivity index (χ3n) is 3.82. The summed E-state index contributed by atoms with van der Waals surface area (Å²) in [7, 11) is 4.11. The number of rotatable bonds is 5. The standard InChI is InChI=1S/C19H24N2O/c1-14-6-5-7-18(15(14)2)19(22)20-12-16-8-10-17(11-9-16)13-21(3)4/h5-11H,12-13H2,1-4H3,(H,20,22). The van der Waals surface area contributed by atoms with Gasteiger partial charge in [-0.1, -0.05) is 36.4 Å². The number of carbonyl (C=O) groups excluding carboxylic acids is 1. The van der Waals surface area contributed by atoms with Crippen molar-refractivity contribution in [1.82, 2.24) is 10.2 Å². The summed E-state index contributed by atoms with van der Waals surface area (Å²) in [6, 6.07) is 14.2. The van der Waals surface area contributed by atoms with Crippen molar-refractivity contribution < 1.29 is 4.79 Å². The van der Waals surface area contributed by atoms with Crippen molar-refractivity contribution in [2.45, 2.75) is 26.9 Å². The van der Waals surface area contributed by atoms with Crippen LogP contribution >= 0.6 is 0 Å². The molecular weight excluding hydrogens is 272 g/mol. The fourth-order valence-corrected chi connectivity index (χ4v) is 2.40. The summed E-state index contributed by atoms with van der Waals surface area (Å²) >= 11 is 0. The second kappa shape index (κ2) is 7.23. The zero-order valence-corrected chi connectivity index (χ0v) is 13.8. The van der Waals surface area contributed by atoms with Crippen LogP contribution in [0.3, 0.4) is 0 Å². The normalized spacial score (nSPS) is 10.8. The third kappa shape index (κ3) is 4.18. The first kappa shape index (κ1) is 16.2. The van der Waals surface area contributed by atoms with Crippen molar-refractivity contribution in [2.24, 2.45) is 0 Å². The average molecular weight is 296 g/mol. The molecule has 2 aromatic rings. The van der Waals surface area contributed by atoms with Crippen molar-refractivity contribution in [2.75, 3.05) is 14.1 Å². The molecule has 2 rings (SSSR count). The molecule has 0 bridgehead atoms. The van der Waals surface area contributed by atoms with Gasteiger partial charge in [0.2, 0.25) is 0 Å². The van der Waals surface area contributed by atoms with Crippen LogP contribution in [0.4, 0.5) is 0 Å². The van der Waals surface area contributed by atoms with Gasteiger partial charge in [0, 0.05) is 18.7 Å². The van der Waals surface area contributed by atoms with Gasteiger partial charge in [0.1, 0.15) is 0 Å². The molecule has 1 amide bonds. The van der Waals surface area contributed by atoms with E-state index < -0.39 is 0 Å². The highest BCUT2D eigenvalue weighted by Crippen LogP contribution is 2.13. The first-order valence-corrected chi connectivity index (χ1v) is 7.54. The maximum absolute atomic E-state index is 12.3. The van der Waals surface area contributed by atoms with E-state index >= 15 is 0 Å². The van der Waals surface area contributed by atoms with Gasteiger partial charge in [0.15, 0.2) is 0 Å². The number of hydrogen-bond donors (Lipinski definition) is 1. The first-order valence-electron chi connectivity index (χ1n) is 7.54. The van der Waals surface area contributed by atoms with Gasteiger partial charge in [-0.25, -0.2) is 0 Å². The van der Waals surface area contributed by atoms with E-state index in [0.29, 0.717) is 6.54 Å². The van der Waals surface area contributed by atoms with E-state index in [2.05, 4.69) is 48.6 Å². The Balaban J connectivity index is 1.97. The van der Waals surface area contributed by atoms with E-state index in [0.717, 1.165) is 28.8 Å². The van der Waals surface area contributed by atoms with Crippen LogP contribution in [0, 0.1) is 13.8 Å². The summed E-state index contributed by atoms with van der Waals surface area (Å²) < 4.78 is 0. The number of nitrogens with zero attached hydrogens (tertiary/aromatic N) is 1. The van der Waals surface area contributed by atoms with Gasteiger partial charge in [-0.2, -0.15) is 0 Å². The lowest BCUT2D eigenvalue weighted by Gasteiger charge is -2.11. The molecule has 0 aliphatic heterocycles. The summed E-state index contributed by atoms with van der Waals surface area (Å²) in [5, 5.41) is 2.99. The summed E-state index contributed by atoms with van der Waals surface area (Å²) in [6.07, 6.45) is 0. The number of nitrogens with one attached hydrogen (secondary N) is 1. The molecule has 0 unspecified atom stereocenters. The van der Waals surface area contributed by atoms with Crippen LogP contribution in [0.15, 0.2) is 42.5 Å². The van der Waals surface area contributed by atoms with Crippen molar-refractivity contribution in [3.63, 3.8) is 0 Å². The fourth-order valence-electron chi connectivity index (χ4n) is 2.40. The molecule has 0 aromatic heterocycles. The highest BCUT2D eigenvalue weighted by molar-refractivity contribution is 5.95. The monoisotopic (exact) mass is 296 g/mol. The predicted octanol–water partition coefficient (Wildman–Crippen LogP) is 3.30. The lowest BCUT2D eigenvalue weighted by atomic mass is 10.0. The average Bonchev–Trinajstić information content (AvgIpc) is 2.48. The smallest absolute Gasteiger partial charge is 0.251 e. The highest BCUT2D eigenvalue weighted by Gasteiger charge is 2.09. The molecule has 0 aliphatic carbocycles. The predicted molar refractivity (Wildman–Crippen MR) is 90.9 cm³/mol. The second-order valence-electron chi connectivity index (χ2n) is 5.98. The Morgan fingerprint density at radius 2 is 1.64 bits per heavy atom. The maximum atomic E-state index is 12.3. The fraction of sp³-hybridized carbons (Fsp3) is 0.316. The Hall–Kier alpha value is -2.13. The van der Waals surface area contributed by atoms with E-state index in [1.165, 1.54) is 5.56 Å². The highest BCUT2D eigenvalue weighted by atomic mass is 16.1. The quantitative estimate of drug-likeness (QED) is 0.918. The number of aryl methyl sites for hydroxylation is 1. The van der Waals surface area contributed by atoms with Gasteiger partial charge in [-0.05, 0) is 56.3 Å². The van der Waals surface area contributed by atoms with Gasteiger partial charge in [-0.3, -0.25) is 4.79 Å². The maximum Gasteiger partial charge on any atom is 0.251 e. The Morgan fingerprint density at radius 1 is 1.00 bits per heavy atom. The molecule has 0 saturated carbocycles. The topological polar surface area (TPSA) is 32.3 Å². The summed E-state index contributed by atoms with van der Waals surface area (Å²) in [6.45, 7) is 5.49. The van der Waals surface area contributed by atoms with E-state index in [-0.39, 0.29) is 5.91 Å². The van der Waals surface area contributed by atoms with E-state index in [1.54, 1.807) is 0 Å². The molecule has 0 radical (unpaired) electrons. The lowest BCUT2D eigenvalue weighted by molar-refractivity contribution is 0.0950. The molecular formula is C19H24N2O. The molecule has 0 atom stereocenters. The molecule has 2 aromatic carbocycles. The van der Waals surface area contributed by atoms with Crippen molar-refractivity contribution >= 4 is 5.91 Å². The van der Waals surface area contributed by atoms with Crippen molar-refractivity contribution in [3.05, 3.63) is 70.3 Å². The van der Waals surface area contributed by atoms with Gasteiger partial charge < -0.3 is 10.2 Å². The molecule has 3 nitrogen and oxygen atoms in total. The van der Waals surface area contributed by atoms with Crippen LogP contribution < -0.4 is 5.32 Å². The minimum atomic E-state index is -0.0152. The van der Waals surface area contributed by atoms with Gasteiger partial charge in [-0.15, -0.1) is 0 Å². The Bertz CT molecular complexity index is 645. The van der Waals surface area contributed by atoms with Crippen LogP contribution in [0.25, 0.3) is 0 Å². The molecule has 22 heavy (non-hydrogen) atoms. The Labute approximate surface area is 133 Å². The van der Waals surface area contributed by atoms with E-state index in [1.807, 2.05) is 32.0 Å². The summed E-state index contributed by atoms with van der Waals surface area (Å²) in [5.74, 6) is -0.0152. The number of hydrogen-bond acceptors (Lipinski definition) is 2. The van der Waals surface area contributed by atoms with Gasteiger partial charge >= 0.3 is 0 Å². The van der Waals surface area contributed by atoms with Gasteiger partial charge in [0.05, 0.1) is 0 Å². The first-order chi connectivity index (χ1) is 10.5. The van der Waals surface area contributed by atoms with Crippen LogP contribution in [-0.4, -0.2) is 24.9 Å². The second-order valence-corrected chi connectivity index (χ2v) is 5.98. The molecule has 1 N–H and O–H groups in total.